The van der Waals surface area contributed by atoms with E-state index in [1.54, 1.807) is 26.0 Å². The van der Waals surface area contributed by atoms with E-state index in [9.17, 15) is 31.1 Å². The molecule has 2 aromatic carbocycles. The maximum Gasteiger partial charge on any atom is 0.439 e. The second-order valence-electron chi connectivity index (χ2n) is 5.89. The zero-order chi connectivity index (χ0) is 20.4. The molecule has 0 aliphatic heterocycles. The first-order valence-electron chi connectivity index (χ1n) is 7.66. The van der Waals surface area contributed by atoms with E-state index in [1.807, 2.05) is 6.07 Å². The average molecular weight is 391 g/mol. The fourth-order valence-corrected chi connectivity index (χ4v) is 2.35. The number of amides is 1. The second kappa shape index (κ2) is 7.50. The van der Waals surface area contributed by atoms with Gasteiger partial charge in [-0.25, -0.2) is 4.39 Å². The van der Waals surface area contributed by atoms with Gasteiger partial charge in [0.1, 0.15) is 5.75 Å². The molecular formula is C18H15F6NO2. The van der Waals surface area contributed by atoms with Crippen LogP contribution >= 0.6 is 0 Å². The number of aryl methyl sites for hydroxylation is 2. The number of carbonyl (C=O) groups is 1. The van der Waals surface area contributed by atoms with Crippen molar-refractivity contribution < 1.29 is 35.9 Å². The Labute approximate surface area is 150 Å². The van der Waals surface area contributed by atoms with Gasteiger partial charge in [0.05, 0.1) is 5.69 Å². The van der Waals surface area contributed by atoms with Crippen molar-refractivity contribution in [1.82, 2.24) is 0 Å². The molecule has 0 radical (unpaired) electrons. The van der Waals surface area contributed by atoms with Gasteiger partial charge in [0.2, 0.25) is 0 Å². The number of hydrogen-bond acceptors (Lipinski definition) is 2. The van der Waals surface area contributed by atoms with Crippen LogP contribution in [-0.2, 0) is 0 Å². The Hall–Kier alpha value is -2.71. The van der Waals surface area contributed by atoms with Gasteiger partial charge in [0, 0.05) is 5.56 Å². The molecule has 2 aromatic rings. The smallest absolute Gasteiger partial charge is 0.428 e. The number of alkyl halides is 6. The van der Waals surface area contributed by atoms with Crippen LogP contribution in [0, 0.1) is 13.8 Å². The normalized spacial score (nSPS) is 13.2. The van der Waals surface area contributed by atoms with Gasteiger partial charge in [0.15, 0.2) is 0 Å². The lowest BCUT2D eigenvalue weighted by molar-refractivity contribution is -0.304. The summed E-state index contributed by atoms with van der Waals surface area (Å²) in [6.07, 6.45) is -15.5. The summed E-state index contributed by atoms with van der Waals surface area (Å²) < 4.78 is 80.8. The van der Waals surface area contributed by atoms with Crippen molar-refractivity contribution in [3.63, 3.8) is 0 Å². The van der Waals surface area contributed by atoms with Crippen LogP contribution in [0.2, 0.25) is 0 Å². The highest BCUT2D eigenvalue weighted by atomic mass is 19.4. The van der Waals surface area contributed by atoms with E-state index < -0.39 is 30.1 Å². The molecule has 0 bridgehead atoms. The summed E-state index contributed by atoms with van der Waals surface area (Å²) in [4.78, 5) is 12.3. The largest absolute Gasteiger partial charge is 0.439 e. The van der Waals surface area contributed by atoms with E-state index in [0.717, 1.165) is 23.3 Å². The highest BCUT2D eigenvalue weighted by Crippen LogP contribution is 2.38. The van der Waals surface area contributed by atoms with Crippen molar-refractivity contribution in [3.8, 4) is 5.75 Å². The van der Waals surface area contributed by atoms with E-state index in [0.29, 0.717) is 0 Å². The molecule has 0 heterocycles. The lowest BCUT2D eigenvalue weighted by Crippen LogP contribution is -2.45. The molecular weight excluding hydrogens is 376 g/mol. The fraction of sp³-hybridized carbons (Fsp3) is 0.278. The molecule has 0 saturated heterocycles. The van der Waals surface area contributed by atoms with Crippen LogP contribution < -0.4 is 10.1 Å². The number of nitrogens with one attached hydrogen (secondary N) is 1. The molecule has 0 saturated carbocycles. The van der Waals surface area contributed by atoms with Gasteiger partial charge in [-0.05, 0) is 38.1 Å². The van der Waals surface area contributed by atoms with E-state index in [-0.39, 0.29) is 11.3 Å². The summed E-state index contributed by atoms with van der Waals surface area (Å²) in [6, 6.07) is 9.48. The highest BCUT2D eigenvalue weighted by molar-refractivity contribution is 6.05. The van der Waals surface area contributed by atoms with Crippen molar-refractivity contribution >= 4 is 11.6 Å². The zero-order valence-electron chi connectivity index (χ0n) is 14.2. The number of ether oxygens (including phenoxy) is 1. The maximum absolute atomic E-state index is 13.5. The van der Waals surface area contributed by atoms with Crippen molar-refractivity contribution in [2.24, 2.45) is 0 Å². The first-order chi connectivity index (χ1) is 12.4. The van der Waals surface area contributed by atoms with Crippen LogP contribution in [0.25, 0.3) is 0 Å². The summed E-state index contributed by atoms with van der Waals surface area (Å²) in [7, 11) is 0. The molecule has 0 spiro atoms. The Balaban J connectivity index is 2.26. The minimum absolute atomic E-state index is 0.215. The Bertz CT molecular complexity index is 815. The molecule has 0 aliphatic rings. The number of rotatable bonds is 5. The maximum atomic E-state index is 13.5. The van der Waals surface area contributed by atoms with E-state index in [2.05, 4.69) is 10.1 Å². The number of anilines is 1. The molecule has 1 N–H and O–H groups in total. The molecule has 0 fully saturated rings. The van der Waals surface area contributed by atoms with Crippen LogP contribution in [0.15, 0.2) is 42.5 Å². The quantitative estimate of drug-likeness (QED) is 0.691. The third-order valence-corrected chi connectivity index (χ3v) is 3.45. The number of benzene rings is 2. The Kier molecular flexibility index (Phi) is 5.72. The molecule has 0 aromatic heterocycles. The topological polar surface area (TPSA) is 38.3 Å². The van der Waals surface area contributed by atoms with Gasteiger partial charge in [-0.1, -0.05) is 29.3 Å². The van der Waals surface area contributed by atoms with E-state index >= 15 is 0 Å². The molecule has 27 heavy (non-hydrogen) atoms. The summed E-state index contributed by atoms with van der Waals surface area (Å²) in [5.41, 5.74) is 1.45. The summed E-state index contributed by atoms with van der Waals surface area (Å²) in [5, 5.41) is 2.28. The van der Waals surface area contributed by atoms with Gasteiger partial charge >= 0.3 is 12.3 Å². The van der Waals surface area contributed by atoms with Crippen LogP contribution in [0.1, 0.15) is 21.5 Å². The summed E-state index contributed by atoms with van der Waals surface area (Å²) in [6.45, 7) is 3.50. The first kappa shape index (κ1) is 20.6. The molecule has 146 valence electrons. The van der Waals surface area contributed by atoms with E-state index in [1.165, 1.54) is 12.1 Å². The Morgan fingerprint density at radius 1 is 1.00 bits per heavy atom. The SMILES string of the molecule is Cc1cc(C)cc(C(=O)Nc2ccccc2OC(F)(F)[C@@H](F)C(F)(F)F)c1. The van der Waals surface area contributed by atoms with E-state index in [4.69, 9.17) is 0 Å². The first-order valence-corrected chi connectivity index (χ1v) is 7.66. The molecule has 0 unspecified atom stereocenters. The van der Waals surface area contributed by atoms with Crippen molar-refractivity contribution in [1.29, 1.82) is 0 Å². The lowest BCUT2D eigenvalue weighted by Gasteiger charge is -2.24. The van der Waals surface area contributed by atoms with Crippen LogP contribution in [0.4, 0.5) is 32.0 Å². The number of para-hydroxylation sites is 2. The fourth-order valence-electron chi connectivity index (χ4n) is 2.35. The lowest BCUT2D eigenvalue weighted by atomic mass is 10.1. The molecule has 3 nitrogen and oxygen atoms in total. The van der Waals surface area contributed by atoms with Gasteiger partial charge < -0.3 is 10.1 Å². The Morgan fingerprint density at radius 3 is 2.11 bits per heavy atom. The third kappa shape index (κ3) is 5.15. The van der Waals surface area contributed by atoms with Gasteiger partial charge in [-0.3, -0.25) is 4.79 Å². The summed E-state index contributed by atoms with van der Waals surface area (Å²) >= 11 is 0. The minimum Gasteiger partial charge on any atom is -0.428 e. The molecule has 0 aliphatic carbocycles. The second-order valence-corrected chi connectivity index (χ2v) is 5.89. The molecule has 1 atom stereocenters. The predicted molar refractivity (Wildman–Crippen MR) is 86.8 cm³/mol. The van der Waals surface area contributed by atoms with Crippen molar-refractivity contribution in [2.75, 3.05) is 5.32 Å². The van der Waals surface area contributed by atoms with Gasteiger partial charge in [0.25, 0.3) is 12.1 Å². The van der Waals surface area contributed by atoms with Crippen molar-refractivity contribution in [3.05, 3.63) is 59.2 Å². The van der Waals surface area contributed by atoms with Crippen LogP contribution in [-0.4, -0.2) is 24.4 Å². The molecule has 1 amide bonds. The van der Waals surface area contributed by atoms with Gasteiger partial charge in [-0.15, -0.1) is 0 Å². The average Bonchev–Trinajstić information content (AvgIpc) is 2.54. The predicted octanol–water partition coefficient (Wildman–Crippen LogP) is 5.43. The standard InChI is InChI=1S/C18H15F6NO2/c1-10-7-11(2)9-12(8-10)15(26)25-13-5-3-4-6-14(13)27-18(23,24)16(19)17(20,21)22/h3-9,16H,1-2H3,(H,25,26)/t16-/m0/s1. The highest BCUT2D eigenvalue weighted by Gasteiger charge is 2.59. The van der Waals surface area contributed by atoms with Gasteiger partial charge in [-0.2, -0.15) is 22.0 Å². The van der Waals surface area contributed by atoms with Crippen LogP contribution in [0.5, 0.6) is 5.75 Å². The Morgan fingerprint density at radius 2 is 1.56 bits per heavy atom. The third-order valence-electron chi connectivity index (χ3n) is 3.45. The molecule has 2 rings (SSSR count). The zero-order valence-corrected chi connectivity index (χ0v) is 14.2. The number of carbonyl (C=O) groups excluding carboxylic acids is 1. The molecule has 9 heteroatoms. The minimum atomic E-state index is -5.80. The number of halogens is 6. The number of hydrogen-bond donors (Lipinski definition) is 1. The van der Waals surface area contributed by atoms with Crippen molar-refractivity contribution in [2.45, 2.75) is 32.3 Å². The van der Waals surface area contributed by atoms with Crippen LogP contribution in [0.3, 0.4) is 0 Å². The summed E-state index contributed by atoms with van der Waals surface area (Å²) in [5.74, 6) is -1.49. The monoisotopic (exact) mass is 391 g/mol.